The second kappa shape index (κ2) is 5.25. The zero-order valence-corrected chi connectivity index (χ0v) is 12.5. The molecule has 2 rings (SSSR count). The summed E-state index contributed by atoms with van der Waals surface area (Å²) >= 11 is 0. The lowest BCUT2D eigenvalue weighted by Crippen LogP contribution is -2.06. The van der Waals surface area contributed by atoms with Crippen LogP contribution in [-0.4, -0.2) is 25.9 Å². The predicted octanol–water partition coefficient (Wildman–Crippen LogP) is 0.326. The van der Waals surface area contributed by atoms with Crippen molar-refractivity contribution >= 4 is 31.6 Å². The molecule has 0 atom stereocenters. The fraction of sp³-hybridized carbons (Fsp3) is 0. The van der Waals surface area contributed by atoms with Gasteiger partial charge in [-0.1, -0.05) is 12.1 Å². The molecule has 118 valence electrons. The number of anilines is 2. The Balaban J connectivity index is 2.90. The van der Waals surface area contributed by atoms with Gasteiger partial charge < -0.3 is 20.6 Å². The number of rotatable bonds is 3. The number of hydrogen-bond acceptors (Lipinski definition) is 8. The molecule has 4 N–H and O–H groups in total. The molecule has 0 aliphatic rings. The van der Waals surface area contributed by atoms with Crippen LogP contribution in [0.25, 0.3) is 11.1 Å². The lowest BCUT2D eigenvalue weighted by atomic mass is 10.0. The molecule has 0 aliphatic heterocycles. The third kappa shape index (κ3) is 3.20. The minimum Gasteiger partial charge on any atom is -0.744 e. The Morgan fingerprint density at radius 1 is 0.682 bits per heavy atom. The van der Waals surface area contributed by atoms with Gasteiger partial charge >= 0.3 is 0 Å². The van der Waals surface area contributed by atoms with Crippen molar-refractivity contribution in [3.8, 4) is 11.1 Å². The summed E-state index contributed by atoms with van der Waals surface area (Å²) in [6, 6.07) is 6.66. The maximum Gasteiger partial charge on any atom is 0.125 e. The lowest BCUT2D eigenvalue weighted by molar-refractivity contribution is 0.460. The van der Waals surface area contributed by atoms with E-state index in [0.29, 0.717) is 0 Å². The lowest BCUT2D eigenvalue weighted by Gasteiger charge is -2.18. The minimum absolute atomic E-state index is 0.000139. The van der Waals surface area contributed by atoms with Crippen molar-refractivity contribution in [2.75, 3.05) is 11.5 Å². The number of nitrogens with two attached hydrogens (primary N) is 2. The van der Waals surface area contributed by atoms with E-state index in [2.05, 4.69) is 0 Å². The van der Waals surface area contributed by atoms with E-state index in [1.54, 1.807) is 0 Å². The van der Waals surface area contributed by atoms with Crippen LogP contribution in [0.1, 0.15) is 0 Å². The molecule has 2 aromatic rings. The van der Waals surface area contributed by atoms with E-state index in [1.807, 2.05) is 0 Å². The Morgan fingerprint density at radius 3 is 1.27 bits per heavy atom. The van der Waals surface area contributed by atoms with Crippen molar-refractivity contribution in [2.24, 2.45) is 0 Å². The summed E-state index contributed by atoms with van der Waals surface area (Å²) in [5, 5.41) is 0. The van der Waals surface area contributed by atoms with Crippen molar-refractivity contribution in [3.05, 3.63) is 36.4 Å². The van der Waals surface area contributed by atoms with Gasteiger partial charge in [-0.15, -0.1) is 0 Å². The predicted molar refractivity (Wildman–Crippen MR) is 76.6 cm³/mol. The normalized spacial score (nSPS) is 12.3. The maximum absolute atomic E-state index is 11.3. The quantitative estimate of drug-likeness (QED) is 0.594. The molecule has 0 aliphatic carbocycles. The molecule has 0 radical (unpaired) electrons. The third-order valence-corrected chi connectivity index (χ3v) is 4.59. The van der Waals surface area contributed by atoms with Gasteiger partial charge in [0.2, 0.25) is 0 Å². The molecule has 0 aromatic heterocycles. The van der Waals surface area contributed by atoms with Gasteiger partial charge in [0.05, 0.1) is 9.79 Å². The van der Waals surface area contributed by atoms with E-state index < -0.39 is 30.0 Å². The molecule has 10 heteroatoms. The first-order valence-electron chi connectivity index (χ1n) is 5.71. The highest BCUT2D eigenvalue weighted by Gasteiger charge is 2.17. The summed E-state index contributed by atoms with van der Waals surface area (Å²) in [6.07, 6.45) is 0. The molecule has 0 bridgehead atoms. The van der Waals surface area contributed by atoms with Crippen LogP contribution in [-0.2, 0) is 20.2 Å². The van der Waals surface area contributed by atoms with Crippen molar-refractivity contribution < 1.29 is 25.9 Å². The van der Waals surface area contributed by atoms with Crippen LogP contribution in [0.2, 0.25) is 0 Å². The van der Waals surface area contributed by atoms with Crippen molar-refractivity contribution in [1.82, 2.24) is 0 Å². The molecule has 0 unspecified atom stereocenters. The van der Waals surface area contributed by atoms with Crippen LogP contribution in [0.15, 0.2) is 46.2 Å². The number of benzene rings is 2. The Kier molecular flexibility index (Phi) is 3.87. The fourth-order valence-electron chi connectivity index (χ4n) is 1.94. The SMILES string of the molecule is Nc1ccc(-c2ccc(N)cc2S(=O)(=O)[O-])c(S(=O)(=O)[O-])c1. The molecule has 2 aromatic carbocycles. The summed E-state index contributed by atoms with van der Waals surface area (Å²) in [7, 11) is -9.87. The standard InChI is InChI=1S/C12H12N2O6S2/c13-7-1-3-9(11(5-7)21(15,16)17)10-4-2-8(14)6-12(10)22(18,19)20/h1-6H,13-14H2,(H,15,16,17)(H,18,19,20)/p-2. The Morgan fingerprint density at radius 2 is 1.00 bits per heavy atom. The van der Waals surface area contributed by atoms with E-state index in [1.165, 1.54) is 12.1 Å². The Bertz CT molecular complexity index is 872. The van der Waals surface area contributed by atoms with Gasteiger partial charge in [-0.3, -0.25) is 0 Å². The van der Waals surface area contributed by atoms with Crippen LogP contribution >= 0.6 is 0 Å². The molecule has 0 amide bonds. The molecule has 0 fully saturated rings. The van der Waals surface area contributed by atoms with Gasteiger partial charge in [-0.25, -0.2) is 16.8 Å². The van der Waals surface area contributed by atoms with E-state index >= 15 is 0 Å². The van der Waals surface area contributed by atoms with Crippen molar-refractivity contribution in [1.29, 1.82) is 0 Å². The molecular weight excluding hydrogens is 332 g/mol. The van der Waals surface area contributed by atoms with Gasteiger partial charge in [-0.2, -0.15) is 0 Å². The van der Waals surface area contributed by atoms with Gasteiger partial charge in [0.15, 0.2) is 0 Å². The molecule has 8 nitrogen and oxygen atoms in total. The Labute approximate surface area is 126 Å². The average molecular weight is 342 g/mol. The zero-order chi connectivity index (χ0) is 16.7. The first-order chi connectivity index (χ1) is 10.00. The van der Waals surface area contributed by atoms with E-state index in [-0.39, 0.29) is 22.5 Å². The topological polar surface area (TPSA) is 166 Å². The van der Waals surface area contributed by atoms with Gasteiger partial charge in [0.25, 0.3) is 0 Å². The van der Waals surface area contributed by atoms with E-state index in [9.17, 15) is 25.9 Å². The minimum atomic E-state index is -4.93. The van der Waals surface area contributed by atoms with Crippen molar-refractivity contribution in [3.63, 3.8) is 0 Å². The second-order valence-corrected chi connectivity index (χ2v) is 7.12. The molecule has 0 spiro atoms. The van der Waals surface area contributed by atoms with Crippen LogP contribution < -0.4 is 11.5 Å². The second-order valence-electron chi connectivity index (χ2n) is 4.42. The fourth-order valence-corrected chi connectivity index (χ4v) is 3.39. The largest absolute Gasteiger partial charge is 0.744 e. The van der Waals surface area contributed by atoms with Gasteiger partial charge in [0.1, 0.15) is 20.2 Å². The maximum atomic E-state index is 11.3. The molecular formula is C12H10N2O6S2-2. The zero-order valence-electron chi connectivity index (χ0n) is 10.9. The third-order valence-electron chi connectivity index (χ3n) is 2.84. The van der Waals surface area contributed by atoms with Crippen molar-refractivity contribution in [2.45, 2.75) is 9.79 Å². The number of hydrogen-bond donors (Lipinski definition) is 2. The van der Waals surface area contributed by atoms with Crippen LogP contribution in [0.4, 0.5) is 11.4 Å². The average Bonchev–Trinajstić information content (AvgIpc) is 2.37. The van der Waals surface area contributed by atoms with Crippen LogP contribution in [0, 0.1) is 0 Å². The highest BCUT2D eigenvalue weighted by molar-refractivity contribution is 7.86. The summed E-state index contributed by atoms with van der Waals surface area (Å²) in [6.45, 7) is 0. The molecule has 0 saturated carbocycles. The van der Waals surface area contributed by atoms with Crippen LogP contribution in [0.5, 0.6) is 0 Å². The smallest absolute Gasteiger partial charge is 0.125 e. The van der Waals surface area contributed by atoms with E-state index in [0.717, 1.165) is 24.3 Å². The first-order valence-corrected chi connectivity index (χ1v) is 8.53. The highest BCUT2D eigenvalue weighted by Crippen LogP contribution is 2.34. The monoisotopic (exact) mass is 342 g/mol. The first kappa shape index (κ1) is 16.2. The summed E-state index contributed by atoms with van der Waals surface area (Å²) in [4.78, 5) is -1.44. The van der Waals surface area contributed by atoms with Gasteiger partial charge in [-0.05, 0) is 24.3 Å². The van der Waals surface area contributed by atoms with Gasteiger partial charge in [0, 0.05) is 22.5 Å². The summed E-state index contributed by atoms with van der Waals surface area (Å²) < 4.78 is 68.1. The van der Waals surface area contributed by atoms with Crippen LogP contribution in [0.3, 0.4) is 0 Å². The number of nitrogen functional groups attached to an aromatic ring is 2. The Hall–Kier alpha value is -2.14. The van der Waals surface area contributed by atoms with E-state index in [4.69, 9.17) is 11.5 Å². The molecule has 0 saturated heterocycles. The summed E-state index contributed by atoms with van der Waals surface area (Å²) in [5.74, 6) is 0. The highest BCUT2D eigenvalue weighted by atomic mass is 32.2. The molecule has 0 heterocycles. The summed E-state index contributed by atoms with van der Waals surface area (Å²) in [5.41, 5.74) is 10.4. The molecule has 22 heavy (non-hydrogen) atoms.